The third kappa shape index (κ3) is 4.59. The van der Waals surface area contributed by atoms with Crippen molar-refractivity contribution in [2.24, 2.45) is 0 Å². The minimum atomic E-state index is -0.438. The summed E-state index contributed by atoms with van der Waals surface area (Å²) in [5, 5.41) is 14.3. The van der Waals surface area contributed by atoms with E-state index in [0.29, 0.717) is 16.9 Å². The van der Waals surface area contributed by atoms with Gasteiger partial charge in [0, 0.05) is 11.4 Å². The van der Waals surface area contributed by atoms with Gasteiger partial charge in [-0.05, 0) is 60.5 Å². The van der Waals surface area contributed by atoms with Crippen molar-refractivity contribution >= 4 is 23.2 Å². The van der Waals surface area contributed by atoms with Gasteiger partial charge in [0.25, 0.3) is 11.8 Å². The number of nitrogens with one attached hydrogen (secondary N) is 2. The minimum Gasteiger partial charge on any atom is -0.321 e. The summed E-state index contributed by atoms with van der Waals surface area (Å²) in [6.07, 6.45) is 0.923. The van der Waals surface area contributed by atoms with E-state index >= 15 is 0 Å². The molecule has 0 aliphatic carbocycles. The van der Waals surface area contributed by atoms with E-state index < -0.39 is 11.8 Å². The highest BCUT2D eigenvalue weighted by molar-refractivity contribution is 6.06. The summed E-state index contributed by atoms with van der Waals surface area (Å²) in [7, 11) is 0. The zero-order valence-corrected chi connectivity index (χ0v) is 15.3. The van der Waals surface area contributed by atoms with Gasteiger partial charge in [0.2, 0.25) is 0 Å². The molecule has 2 amide bonds. The SMILES string of the molecule is CCc1ccc(NC(=O)c2cccc(C(=O)Nc3ccc(C#N)cc3)n2)cc1. The maximum Gasteiger partial charge on any atom is 0.274 e. The molecule has 3 rings (SSSR count). The molecule has 0 atom stereocenters. The Kier molecular flexibility index (Phi) is 5.78. The van der Waals surface area contributed by atoms with Crippen LogP contribution in [0, 0.1) is 11.3 Å². The Balaban J connectivity index is 1.70. The fraction of sp³-hybridized carbons (Fsp3) is 0.0909. The van der Waals surface area contributed by atoms with Crippen molar-refractivity contribution in [2.45, 2.75) is 13.3 Å². The summed E-state index contributed by atoms with van der Waals surface area (Å²) in [6, 6.07) is 20.7. The summed E-state index contributed by atoms with van der Waals surface area (Å²) in [4.78, 5) is 29.0. The van der Waals surface area contributed by atoms with Crippen LogP contribution < -0.4 is 10.6 Å². The highest BCUT2D eigenvalue weighted by Gasteiger charge is 2.13. The van der Waals surface area contributed by atoms with Crippen LogP contribution in [0.25, 0.3) is 0 Å². The molecule has 6 heteroatoms. The van der Waals surface area contributed by atoms with Crippen molar-refractivity contribution in [1.29, 1.82) is 5.26 Å². The van der Waals surface area contributed by atoms with Gasteiger partial charge in [-0.2, -0.15) is 5.26 Å². The number of amides is 2. The second-order valence-electron chi connectivity index (χ2n) is 6.06. The van der Waals surface area contributed by atoms with Crippen molar-refractivity contribution in [2.75, 3.05) is 10.6 Å². The fourth-order valence-corrected chi connectivity index (χ4v) is 2.53. The molecule has 0 spiro atoms. The van der Waals surface area contributed by atoms with Gasteiger partial charge in [-0.15, -0.1) is 0 Å². The standard InChI is InChI=1S/C22H18N4O2/c1-2-15-6-10-17(11-7-15)24-21(27)19-4-3-5-20(26-19)22(28)25-18-12-8-16(14-23)9-13-18/h3-13H,2H2,1H3,(H,24,27)(H,25,28). The van der Waals surface area contributed by atoms with Gasteiger partial charge in [-0.1, -0.05) is 25.1 Å². The van der Waals surface area contributed by atoms with E-state index in [4.69, 9.17) is 5.26 Å². The summed E-state index contributed by atoms with van der Waals surface area (Å²) in [5.74, 6) is -0.830. The molecule has 0 bridgehead atoms. The van der Waals surface area contributed by atoms with Crippen LogP contribution in [0.2, 0.25) is 0 Å². The molecule has 0 unspecified atom stereocenters. The van der Waals surface area contributed by atoms with Gasteiger partial charge in [-0.3, -0.25) is 9.59 Å². The van der Waals surface area contributed by atoms with Crippen molar-refractivity contribution < 1.29 is 9.59 Å². The van der Waals surface area contributed by atoms with Crippen LogP contribution in [-0.2, 0) is 6.42 Å². The molecule has 0 fully saturated rings. The first kappa shape index (κ1) is 18.8. The van der Waals surface area contributed by atoms with Gasteiger partial charge in [0.15, 0.2) is 0 Å². The van der Waals surface area contributed by atoms with Gasteiger partial charge >= 0.3 is 0 Å². The third-order valence-corrected chi connectivity index (χ3v) is 4.11. The molecule has 0 aliphatic heterocycles. The summed E-state index contributed by atoms with van der Waals surface area (Å²) < 4.78 is 0. The van der Waals surface area contributed by atoms with Gasteiger partial charge in [0.1, 0.15) is 11.4 Å². The fourth-order valence-electron chi connectivity index (χ4n) is 2.53. The highest BCUT2D eigenvalue weighted by atomic mass is 16.2. The second-order valence-corrected chi connectivity index (χ2v) is 6.06. The monoisotopic (exact) mass is 370 g/mol. The van der Waals surface area contributed by atoms with Crippen LogP contribution >= 0.6 is 0 Å². The average molecular weight is 370 g/mol. The Labute approximate surface area is 162 Å². The maximum atomic E-state index is 12.4. The molecule has 0 saturated heterocycles. The van der Waals surface area contributed by atoms with Gasteiger partial charge in [0.05, 0.1) is 11.6 Å². The Morgan fingerprint density at radius 3 is 1.82 bits per heavy atom. The van der Waals surface area contributed by atoms with Crippen molar-refractivity contribution in [3.63, 3.8) is 0 Å². The number of carbonyl (C=O) groups excluding carboxylic acids is 2. The molecule has 6 nitrogen and oxygen atoms in total. The van der Waals surface area contributed by atoms with Crippen LogP contribution in [0.5, 0.6) is 0 Å². The zero-order chi connectivity index (χ0) is 19.9. The summed E-state index contributed by atoms with van der Waals surface area (Å²) >= 11 is 0. The molecule has 1 heterocycles. The van der Waals surface area contributed by atoms with Gasteiger partial charge < -0.3 is 10.6 Å². The molecule has 1 aromatic heterocycles. The number of aryl methyl sites for hydroxylation is 1. The molecule has 28 heavy (non-hydrogen) atoms. The van der Waals surface area contributed by atoms with E-state index in [1.807, 2.05) is 30.3 Å². The van der Waals surface area contributed by atoms with E-state index in [1.165, 1.54) is 11.6 Å². The molecule has 2 N–H and O–H groups in total. The van der Waals surface area contributed by atoms with E-state index in [-0.39, 0.29) is 11.4 Å². The predicted octanol–water partition coefficient (Wildman–Crippen LogP) is 4.02. The first-order chi connectivity index (χ1) is 13.6. The summed E-state index contributed by atoms with van der Waals surface area (Å²) in [6.45, 7) is 2.06. The average Bonchev–Trinajstić information content (AvgIpc) is 2.75. The van der Waals surface area contributed by atoms with Crippen LogP contribution in [0.15, 0.2) is 66.7 Å². The minimum absolute atomic E-state index is 0.123. The lowest BCUT2D eigenvalue weighted by molar-refractivity contribution is 0.101. The number of hydrogen-bond donors (Lipinski definition) is 2. The van der Waals surface area contributed by atoms with Crippen molar-refractivity contribution in [3.05, 3.63) is 89.2 Å². The van der Waals surface area contributed by atoms with Gasteiger partial charge in [-0.25, -0.2) is 4.98 Å². The van der Waals surface area contributed by atoms with Crippen LogP contribution in [0.4, 0.5) is 11.4 Å². The van der Waals surface area contributed by atoms with Crippen LogP contribution in [-0.4, -0.2) is 16.8 Å². The quantitative estimate of drug-likeness (QED) is 0.709. The number of aromatic nitrogens is 1. The second kappa shape index (κ2) is 8.60. The molecule has 0 saturated carbocycles. The summed E-state index contributed by atoms with van der Waals surface area (Å²) in [5.41, 5.74) is 3.15. The van der Waals surface area contributed by atoms with Crippen LogP contribution in [0.3, 0.4) is 0 Å². The molecular weight excluding hydrogens is 352 g/mol. The highest BCUT2D eigenvalue weighted by Crippen LogP contribution is 2.13. The lowest BCUT2D eigenvalue weighted by Gasteiger charge is -2.08. The normalized spacial score (nSPS) is 10.0. The molecular formula is C22H18N4O2. The zero-order valence-electron chi connectivity index (χ0n) is 15.3. The first-order valence-corrected chi connectivity index (χ1v) is 8.78. The predicted molar refractivity (Wildman–Crippen MR) is 107 cm³/mol. The molecule has 3 aromatic rings. The number of nitriles is 1. The van der Waals surface area contributed by atoms with E-state index in [9.17, 15) is 9.59 Å². The topological polar surface area (TPSA) is 94.9 Å². The number of benzene rings is 2. The number of pyridine rings is 1. The Hall–Kier alpha value is -3.98. The largest absolute Gasteiger partial charge is 0.321 e. The maximum absolute atomic E-state index is 12.4. The Bertz CT molecular complexity index is 1040. The van der Waals surface area contributed by atoms with Crippen molar-refractivity contribution in [1.82, 2.24) is 4.98 Å². The molecule has 0 aliphatic rings. The Morgan fingerprint density at radius 2 is 1.36 bits per heavy atom. The lowest BCUT2D eigenvalue weighted by Crippen LogP contribution is -2.18. The smallest absolute Gasteiger partial charge is 0.274 e. The van der Waals surface area contributed by atoms with E-state index in [1.54, 1.807) is 36.4 Å². The first-order valence-electron chi connectivity index (χ1n) is 8.78. The Morgan fingerprint density at radius 1 is 0.857 bits per heavy atom. The number of hydrogen-bond acceptors (Lipinski definition) is 4. The molecule has 0 radical (unpaired) electrons. The number of carbonyl (C=O) groups is 2. The number of rotatable bonds is 5. The van der Waals surface area contributed by atoms with E-state index in [0.717, 1.165) is 6.42 Å². The number of anilines is 2. The van der Waals surface area contributed by atoms with Crippen molar-refractivity contribution in [3.8, 4) is 6.07 Å². The lowest BCUT2D eigenvalue weighted by atomic mass is 10.1. The third-order valence-electron chi connectivity index (χ3n) is 4.11. The molecule has 2 aromatic carbocycles. The molecule has 138 valence electrons. The number of nitrogens with zero attached hydrogens (tertiary/aromatic N) is 2. The van der Waals surface area contributed by atoms with Crippen LogP contribution in [0.1, 0.15) is 39.0 Å². The van der Waals surface area contributed by atoms with E-state index in [2.05, 4.69) is 22.5 Å².